The molecule has 1 heterocycles. The molecule has 2 heteroatoms. The maximum atomic E-state index is 12.1. The van der Waals surface area contributed by atoms with Crippen molar-refractivity contribution in [3.63, 3.8) is 0 Å². The summed E-state index contributed by atoms with van der Waals surface area (Å²) >= 11 is 0. The Kier molecular flexibility index (Phi) is 1.28. The highest BCUT2D eigenvalue weighted by molar-refractivity contribution is 4.76. The quantitative estimate of drug-likeness (QED) is 0.476. The first-order valence-corrected chi connectivity index (χ1v) is 2.66. The summed E-state index contributed by atoms with van der Waals surface area (Å²) in [5.74, 6) is 0. The summed E-state index contributed by atoms with van der Waals surface area (Å²) in [6, 6.07) is 0.398. The molecule has 1 saturated heterocycles. The van der Waals surface area contributed by atoms with Gasteiger partial charge in [-0.2, -0.15) is 0 Å². The van der Waals surface area contributed by atoms with E-state index in [9.17, 15) is 4.39 Å². The molecule has 42 valence electrons. The summed E-state index contributed by atoms with van der Waals surface area (Å²) in [6.07, 6.45) is 0.106. The van der Waals surface area contributed by atoms with Gasteiger partial charge in [0.25, 0.3) is 0 Å². The normalized spacial score (nSPS) is 42.0. The number of nitrogens with one attached hydrogen (secondary N) is 1. The molecule has 0 saturated carbocycles. The van der Waals surface area contributed by atoms with E-state index in [2.05, 4.69) is 5.32 Å². The van der Waals surface area contributed by atoms with E-state index < -0.39 is 6.17 Å². The third-order valence-electron chi connectivity index (χ3n) is 1.30. The van der Waals surface area contributed by atoms with Crippen LogP contribution in [0, 0.1) is 0 Å². The third-order valence-corrected chi connectivity index (χ3v) is 1.30. The van der Waals surface area contributed by atoms with Crippen molar-refractivity contribution >= 4 is 0 Å². The second kappa shape index (κ2) is 1.78. The topological polar surface area (TPSA) is 12.0 Å². The van der Waals surface area contributed by atoms with Gasteiger partial charge in [-0.15, -0.1) is 0 Å². The van der Waals surface area contributed by atoms with Gasteiger partial charge in [0.05, 0.1) is 0 Å². The fraction of sp³-hybridized carbons (Fsp3) is 1.00. The predicted octanol–water partition coefficient (Wildman–Crippen LogP) is 0.706. The van der Waals surface area contributed by atoms with Gasteiger partial charge in [-0.25, -0.2) is 4.39 Å². The summed E-state index contributed by atoms with van der Waals surface area (Å²) < 4.78 is 12.1. The molecule has 0 aromatic heterocycles. The van der Waals surface area contributed by atoms with Crippen LogP contribution in [-0.2, 0) is 0 Å². The maximum Gasteiger partial charge on any atom is 0.114 e. The molecule has 1 aliphatic heterocycles. The fourth-order valence-electron chi connectivity index (χ4n) is 0.879. The molecule has 1 aliphatic rings. The SMILES string of the molecule is C[C@@H]1C[C@H](F)CN1. The molecular formula is C5H10FN. The summed E-state index contributed by atoms with van der Waals surface area (Å²) in [5, 5.41) is 2.99. The van der Waals surface area contributed by atoms with Crippen LogP contribution in [0.1, 0.15) is 13.3 Å². The Labute approximate surface area is 42.9 Å². The maximum absolute atomic E-state index is 12.1. The fourth-order valence-corrected chi connectivity index (χ4v) is 0.879. The van der Waals surface area contributed by atoms with Crippen molar-refractivity contribution in [1.29, 1.82) is 0 Å². The molecule has 0 spiro atoms. The van der Waals surface area contributed by atoms with E-state index >= 15 is 0 Å². The number of alkyl halides is 1. The van der Waals surface area contributed by atoms with Gasteiger partial charge in [0.1, 0.15) is 6.17 Å². The van der Waals surface area contributed by atoms with E-state index in [-0.39, 0.29) is 0 Å². The third kappa shape index (κ3) is 1.13. The summed E-state index contributed by atoms with van der Waals surface area (Å²) in [4.78, 5) is 0. The zero-order valence-electron chi connectivity index (χ0n) is 4.45. The van der Waals surface area contributed by atoms with E-state index in [1.807, 2.05) is 6.92 Å². The monoisotopic (exact) mass is 103 g/mol. The van der Waals surface area contributed by atoms with Gasteiger partial charge in [0.15, 0.2) is 0 Å². The Balaban J connectivity index is 2.26. The molecule has 0 radical (unpaired) electrons. The van der Waals surface area contributed by atoms with Gasteiger partial charge >= 0.3 is 0 Å². The molecule has 1 N–H and O–H groups in total. The molecule has 0 unspecified atom stereocenters. The van der Waals surface area contributed by atoms with E-state index in [1.165, 1.54) is 0 Å². The van der Waals surface area contributed by atoms with Crippen LogP contribution in [0.3, 0.4) is 0 Å². The molecular weight excluding hydrogens is 93.1 g/mol. The lowest BCUT2D eigenvalue weighted by molar-refractivity contribution is 0.357. The zero-order chi connectivity index (χ0) is 5.28. The van der Waals surface area contributed by atoms with Gasteiger partial charge in [0, 0.05) is 12.6 Å². The van der Waals surface area contributed by atoms with Crippen LogP contribution >= 0.6 is 0 Å². The van der Waals surface area contributed by atoms with Crippen LogP contribution in [-0.4, -0.2) is 18.8 Å². The highest BCUT2D eigenvalue weighted by Gasteiger charge is 2.18. The Morgan fingerprint density at radius 2 is 2.43 bits per heavy atom. The van der Waals surface area contributed by atoms with Crippen molar-refractivity contribution in [3.05, 3.63) is 0 Å². The van der Waals surface area contributed by atoms with E-state index in [0.29, 0.717) is 19.0 Å². The van der Waals surface area contributed by atoms with E-state index in [4.69, 9.17) is 0 Å². The average Bonchev–Trinajstić information content (AvgIpc) is 1.87. The Hall–Kier alpha value is -0.110. The van der Waals surface area contributed by atoms with Gasteiger partial charge < -0.3 is 5.32 Å². The van der Waals surface area contributed by atoms with Crippen molar-refractivity contribution in [3.8, 4) is 0 Å². The Morgan fingerprint density at radius 1 is 1.71 bits per heavy atom. The lowest BCUT2D eigenvalue weighted by Crippen LogP contribution is -2.16. The molecule has 1 nitrogen and oxygen atoms in total. The number of hydrogen-bond donors (Lipinski definition) is 1. The van der Waals surface area contributed by atoms with Crippen LogP contribution in [0.25, 0.3) is 0 Å². The minimum absolute atomic E-state index is 0.398. The number of rotatable bonds is 0. The molecule has 0 bridgehead atoms. The molecule has 0 aliphatic carbocycles. The summed E-state index contributed by atoms with van der Waals surface area (Å²) in [5.41, 5.74) is 0. The van der Waals surface area contributed by atoms with Crippen LogP contribution in [0.4, 0.5) is 4.39 Å². The van der Waals surface area contributed by atoms with Crippen molar-refractivity contribution in [2.75, 3.05) is 6.54 Å². The van der Waals surface area contributed by atoms with Crippen molar-refractivity contribution in [2.24, 2.45) is 0 Å². The number of hydrogen-bond acceptors (Lipinski definition) is 1. The van der Waals surface area contributed by atoms with Crippen molar-refractivity contribution in [2.45, 2.75) is 25.6 Å². The average molecular weight is 103 g/mol. The lowest BCUT2D eigenvalue weighted by Gasteiger charge is -1.94. The first-order chi connectivity index (χ1) is 3.29. The highest BCUT2D eigenvalue weighted by Crippen LogP contribution is 2.07. The molecule has 2 atom stereocenters. The molecule has 0 aromatic carbocycles. The molecule has 0 amide bonds. The van der Waals surface area contributed by atoms with Crippen LogP contribution in [0.5, 0.6) is 0 Å². The smallest absolute Gasteiger partial charge is 0.114 e. The molecule has 1 fully saturated rings. The highest BCUT2D eigenvalue weighted by atomic mass is 19.1. The minimum atomic E-state index is -0.588. The zero-order valence-corrected chi connectivity index (χ0v) is 4.45. The van der Waals surface area contributed by atoms with Gasteiger partial charge in [0.2, 0.25) is 0 Å². The van der Waals surface area contributed by atoms with Crippen LogP contribution in [0.2, 0.25) is 0 Å². The summed E-state index contributed by atoms with van der Waals surface area (Å²) in [7, 11) is 0. The van der Waals surface area contributed by atoms with Gasteiger partial charge in [-0.1, -0.05) is 0 Å². The van der Waals surface area contributed by atoms with Crippen molar-refractivity contribution in [1.82, 2.24) is 5.32 Å². The second-order valence-electron chi connectivity index (χ2n) is 2.14. The lowest BCUT2D eigenvalue weighted by atomic mass is 10.2. The van der Waals surface area contributed by atoms with Gasteiger partial charge in [-0.3, -0.25) is 0 Å². The number of halogens is 1. The van der Waals surface area contributed by atoms with Crippen molar-refractivity contribution < 1.29 is 4.39 Å². The predicted molar refractivity (Wildman–Crippen MR) is 27.0 cm³/mol. The molecule has 7 heavy (non-hydrogen) atoms. The minimum Gasteiger partial charge on any atom is -0.311 e. The van der Waals surface area contributed by atoms with Crippen LogP contribution < -0.4 is 5.32 Å². The second-order valence-corrected chi connectivity index (χ2v) is 2.14. The molecule has 0 aromatic rings. The van der Waals surface area contributed by atoms with E-state index in [1.54, 1.807) is 0 Å². The first-order valence-electron chi connectivity index (χ1n) is 2.66. The largest absolute Gasteiger partial charge is 0.311 e. The first kappa shape index (κ1) is 5.04. The molecule has 1 rings (SSSR count). The Morgan fingerprint density at radius 3 is 2.57 bits per heavy atom. The van der Waals surface area contributed by atoms with Crippen LogP contribution in [0.15, 0.2) is 0 Å². The Bertz CT molecular complexity index is 57.1. The summed E-state index contributed by atoms with van der Waals surface area (Å²) in [6.45, 7) is 2.56. The van der Waals surface area contributed by atoms with E-state index in [0.717, 1.165) is 0 Å². The van der Waals surface area contributed by atoms with Gasteiger partial charge in [-0.05, 0) is 13.3 Å². The standard InChI is InChI=1S/C5H10FN/c1-4-2-5(6)3-7-4/h4-5,7H,2-3H2,1H3/t4-,5+/m1/s1.